The number of nitrogens with zero attached hydrogens (tertiary/aromatic N) is 2. The smallest absolute Gasteiger partial charge is 0.234 e. The lowest BCUT2D eigenvalue weighted by atomic mass is 9.97. The van der Waals surface area contributed by atoms with E-state index in [9.17, 15) is 5.26 Å². The van der Waals surface area contributed by atoms with Gasteiger partial charge in [0, 0.05) is 0 Å². The van der Waals surface area contributed by atoms with Gasteiger partial charge >= 0.3 is 0 Å². The van der Waals surface area contributed by atoms with E-state index in [1.54, 1.807) is 0 Å². The number of hydrogen-bond donors (Lipinski definition) is 1. The van der Waals surface area contributed by atoms with Gasteiger partial charge in [-0.1, -0.05) is 121 Å². The summed E-state index contributed by atoms with van der Waals surface area (Å²) in [5, 5.41) is 13.8. The van der Waals surface area contributed by atoms with Crippen molar-refractivity contribution in [1.82, 2.24) is 5.32 Å². The number of nitriles is 1. The molecule has 4 aromatic carbocycles. The third-order valence-corrected chi connectivity index (χ3v) is 6.72. The van der Waals surface area contributed by atoms with E-state index in [4.69, 9.17) is 14.5 Å². The molecule has 0 aliphatic carbocycles. The van der Waals surface area contributed by atoms with Gasteiger partial charge in [-0.15, -0.1) is 0 Å². The monoisotopic (exact) mass is 483 g/mol. The topological polar surface area (TPSA) is 66.6 Å². The zero-order chi connectivity index (χ0) is 25.0. The molecule has 2 aliphatic rings. The molecule has 5 heteroatoms. The highest BCUT2D eigenvalue weighted by Gasteiger charge is 2.40. The van der Waals surface area contributed by atoms with E-state index >= 15 is 0 Å². The van der Waals surface area contributed by atoms with Crippen LogP contribution in [0.3, 0.4) is 0 Å². The fraction of sp³-hybridized carbons (Fsp3) is 0.125. The molecule has 0 spiro atoms. The Morgan fingerprint density at radius 3 is 1.65 bits per heavy atom. The summed E-state index contributed by atoms with van der Waals surface area (Å²) < 4.78 is 12.9. The largest absolute Gasteiger partial charge is 0.467 e. The summed E-state index contributed by atoms with van der Waals surface area (Å²) in [5.41, 5.74) is 4.39. The molecule has 180 valence electrons. The maximum Gasteiger partial charge on any atom is 0.234 e. The molecule has 1 N–H and O–H groups in total. The molecule has 37 heavy (non-hydrogen) atoms. The summed E-state index contributed by atoms with van der Waals surface area (Å²) in [4.78, 5) is 4.92. The molecule has 1 fully saturated rings. The van der Waals surface area contributed by atoms with E-state index in [1.807, 2.05) is 109 Å². The van der Waals surface area contributed by atoms with E-state index in [1.165, 1.54) is 0 Å². The van der Waals surface area contributed by atoms with Crippen LogP contribution in [0.5, 0.6) is 0 Å². The van der Waals surface area contributed by atoms with Gasteiger partial charge < -0.3 is 14.8 Å². The molecule has 0 aromatic heterocycles. The zero-order valence-electron chi connectivity index (χ0n) is 20.1. The fourth-order valence-corrected chi connectivity index (χ4v) is 4.92. The maximum absolute atomic E-state index is 10.3. The first-order chi connectivity index (χ1) is 18.3. The Bertz CT molecular complexity index is 1410. The molecule has 2 aliphatic heterocycles. The minimum absolute atomic E-state index is 0.168. The third kappa shape index (κ3) is 4.46. The second kappa shape index (κ2) is 10.0. The van der Waals surface area contributed by atoms with Crippen LogP contribution >= 0.6 is 0 Å². The van der Waals surface area contributed by atoms with Gasteiger partial charge in [0.1, 0.15) is 18.2 Å². The van der Waals surface area contributed by atoms with Crippen LogP contribution < -0.4 is 5.32 Å². The molecule has 4 atom stereocenters. The van der Waals surface area contributed by atoms with Crippen molar-refractivity contribution in [1.29, 1.82) is 5.26 Å². The van der Waals surface area contributed by atoms with Crippen molar-refractivity contribution < 1.29 is 9.47 Å². The molecule has 2 heterocycles. The summed E-state index contributed by atoms with van der Waals surface area (Å²) in [6, 6.07) is 42.1. The predicted octanol–water partition coefficient (Wildman–Crippen LogP) is 6.74. The SMILES string of the molecule is N#CC(C1=N[C@H](c2ccccc2)[C@@H](c2ccccc2)O1)=C1N[C@H](c2ccccc2)[C@@H](c2ccccc2)O1. The van der Waals surface area contributed by atoms with E-state index in [0.717, 1.165) is 22.3 Å². The predicted molar refractivity (Wildman–Crippen MR) is 142 cm³/mol. The van der Waals surface area contributed by atoms with Crippen molar-refractivity contribution in [3.63, 3.8) is 0 Å². The molecule has 6 rings (SSSR count). The van der Waals surface area contributed by atoms with Crippen LogP contribution in [0, 0.1) is 11.3 Å². The van der Waals surface area contributed by atoms with Crippen molar-refractivity contribution >= 4 is 5.90 Å². The van der Waals surface area contributed by atoms with E-state index in [0.29, 0.717) is 5.88 Å². The molecule has 5 nitrogen and oxygen atoms in total. The molecule has 0 amide bonds. The lowest BCUT2D eigenvalue weighted by Crippen LogP contribution is -2.18. The number of hydrogen-bond acceptors (Lipinski definition) is 5. The van der Waals surface area contributed by atoms with E-state index in [-0.39, 0.29) is 35.8 Å². The summed E-state index contributed by atoms with van der Waals surface area (Å²) in [5.74, 6) is 0.665. The van der Waals surface area contributed by atoms with Crippen LogP contribution in [0.15, 0.2) is 138 Å². The van der Waals surface area contributed by atoms with Gasteiger partial charge in [-0.3, -0.25) is 0 Å². The zero-order valence-corrected chi connectivity index (χ0v) is 20.1. The summed E-state index contributed by atoms with van der Waals surface area (Å²) in [6.45, 7) is 0. The second-order valence-electron chi connectivity index (χ2n) is 9.04. The van der Waals surface area contributed by atoms with Gasteiger partial charge in [0.05, 0.1) is 6.04 Å². The van der Waals surface area contributed by atoms with Gasteiger partial charge in [-0.05, 0) is 22.3 Å². The highest BCUT2D eigenvalue weighted by Crippen LogP contribution is 2.44. The summed E-state index contributed by atoms with van der Waals surface area (Å²) in [6.07, 6.45) is -0.655. The molecule has 0 unspecified atom stereocenters. The number of rotatable bonds is 5. The summed E-state index contributed by atoms with van der Waals surface area (Å²) >= 11 is 0. The van der Waals surface area contributed by atoms with Gasteiger partial charge in [-0.25, -0.2) is 4.99 Å². The first kappa shape index (κ1) is 22.6. The number of aliphatic imine (C=N–C) groups is 1. The van der Waals surface area contributed by atoms with Crippen LogP contribution in [-0.4, -0.2) is 5.90 Å². The first-order valence-corrected chi connectivity index (χ1v) is 12.3. The van der Waals surface area contributed by atoms with Crippen molar-refractivity contribution in [2.24, 2.45) is 4.99 Å². The minimum atomic E-state index is -0.348. The first-order valence-electron chi connectivity index (χ1n) is 12.3. The highest BCUT2D eigenvalue weighted by molar-refractivity contribution is 5.99. The third-order valence-electron chi connectivity index (χ3n) is 6.72. The molecule has 0 bridgehead atoms. The Morgan fingerprint density at radius 1 is 0.622 bits per heavy atom. The maximum atomic E-state index is 10.3. The molecule has 1 saturated heterocycles. The quantitative estimate of drug-likeness (QED) is 0.320. The molecular weight excluding hydrogens is 458 g/mol. The fourth-order valence-electron chi connectivity index (χ4n) is 4.92. The lowest BCUT2D eigenvalue weighted by Gasteiger charge is -2.18. The average molecular weight is 484 g/mol. The normalized spacial score (nSPS) is 23.7. The Kier molecular flexibility index (Phi) is 6.14. The number of nitrogens with one attached hydrogen (secondary N) is 1. The second-order valence-corrected chi connectivity index (χ2v) is 9.04. The van der Waals surface area contributed by atoms with Crippen LogP contribution in [0.4, 0.5) is 0 Å². The van der Waals surface area contributed by atoms with Gasteiger partial charge in [-0.2, -0.15) is 5.26 Å². The Hall–Kier alpha value is -4.82. The highest BCUT2D eigenvalue weighted by atomic mass is 16.5. The van der Waals surface area contributed by atoms with Gasteiger partial charge in [0.2, 0.25) is 11.8 Å². The number of ether oxygens (including phenoxy) is 2. The standard InChI is InChI=1S/C32H25N3O2/c33-21-26(31-34-27(22-13-5-1-6-14-22)29(36-31)24-17-9-3-10-18-24)32-35-28(23-15-7-2-8-16-23)30(37-32)25-19-11-4-12-20-25/h1-20,27-30,34H/t27-,28-,29-,30-/m1/s1. The average Bonchev–Trinajstić information content (AvgIpc) is 3.61. The number of benzene rings is 4. The van der Waals surface area contributed by atoms with Crippen molar-refractivity contribution in [2.75, 3.05) is 0 Å². The molecule has 0 saturated carbocycles. The van der Waals surface area contributed by atoms with Gasteiger partial charge in [0.15, 0.2) is 11.7 Å². The molecule has 0 radical (unpaired) electrons. The van der Waals surface area contributed by atoms with Gasteiger partial charge in [0.25, 0.3) is 0 Å². The van der Waals surface area contributed by atoms with Crippen LogP contribution in [0.2, 0.25) is 0 Å². The van der Waals surface area contributed by atoms with Crippen molar-refractivity contribution in [3.05, 3.63) is 155 Å². The molecular formula is C32H25N3O2. The van der Waals surface area contributed by atoms with Crippen LogP contribution in [0.25, 0.3) is 0 Å². The molecule has 4 aromatic rings. The Labute approximate surface area is 216 Å². The Morgan fingerprint density at radius 2 is 1.11 bits per heavy atom. The van der Waals surface area contributed by atoms with Crippen molar-refractivity contribution in [3.8, 4) is 6.07 Å². The van der Waals surface area contributed by atoms with Crippen LogP contribution in [0.1, 0.15) is 46.5 Å². The van der Waals surface area contributed by atoms with Crippen molar-refractivity contribution in [2.45, 2.75) is 24.3 Å². The minimum Gasteiger partial charge on any atom is -0.467 e. The van der Waals surface area contributed by atoms with E-state index in [2.05, 4.69) is 23.5 Å². The van der Waals surface area contributed by atoms with Crippen LogP contribution in [-0.2, 0) is 9.47 Å². The Balaban J connectivity index is 1.40. The lowest BCUT2D eigenvalue weighted by molar-refractivity contribution is 0.149. The summed E-state index contributed by atoms with van der Waals surface area (Å²) in [7, 11) is 0. The van der Waals surface area contributed by atoms with E-state index < -0.39 is 0 Å².